The van der Waals surface area contributed by atoms with Gasteiger partial charge >= 0.3 is 0 Å². The number of nitrogens with one attached hydrogen (secondary N) is 1. The third-order valence-corrected chi connectivity index (χ3v) is 4.17. The van der Waals surface area contributed by atoms with Crippen molar-refractivity contribution in [2.75, 3.05) is 4.90 Å². The fourth-order valence-corrected chi connectivity index (χ4v) is 2.86. The number of carbonyl (C=O) groups is 1. The molecule has 1 heterocycles. The molecule has 0 radical (unpaired) electrons. The van der Waals surface area contributed by atoms with Crippen LogP contribution in [0.5, 0.6) is 0 Å². The van der Waals surface area contributed by atoms with Gasteiger partial charge in [-0.3, -0.25) is 9.69 Å². The third kappa shape index (κ3) is 3.06. The summed E-state index contributed by atoms with van der Waals surface area (Å²) in [5, 5.41) is 3.85. The SMILES string of the molecule is O=C1/C(=C\c2ccc(Br)cc2)NC(=S)N1c1cccc(Cl)c1. The van der Waals surface area contributed by atoms with E-state index in [1.54, 1.807) is 30.3 Å². The van der Waals surface area contributed by atoms with Crippen molar-refractivity contribution in [2.24, 2.45) is 0 Å². The predicted octanol–water partition coefficient (Wildman–Crippen LogP) is 4.36. The van der Waals surface area contributed by atoms with E-state index >= 15 is 0 Å². The van der Waals surface area contributed by atoms with Gasteiger partial charge in [0.25, 0.3) is 5.91 Å². The Morgan fingerprint density at radius 3 is 2.59 bits per heavy atom. The predicted molar refractivity (Wildman–Crippen MR) is 96.8 cm³/mol. The highest BCUT2D eigenvalue weighted by Crippen LogP contribution is 2.25. The Hall–Kier alpha value is -1.69. The van der Waals surface area contributed by atoms with Crippen molar-refractivity contribution in [3.8, 4) is 0 Å². The van der Waals surface area contributed by atoms with Crippen molar-refractivity contribution in [2.45, 2.75) is 0 Å². The number of thiocarbonyl (C=S) groups is 1. The molecule has 0 unspecified atom stereocenters. The molecule has 1 amide bonds. The van der Waals surface area contributed by atoms with Crippen molar-refractivity contribution in [1.29, 1.82) is 0 Å². The van der Waals surface area contributed by atoms with Gasteiger partial charge in [0, 0.05) is 9.50 Å². The molecule has 3 rings (SSSR count). The van der Waals surface area contributed by atoms with E-state index in [2.05, 4.69) is 21.2 Å². The van der Waals surface area contributed by atoms with Gasteiger partial charge in [-0.15, -0.1) is 0 Å². The highest BCUT2D eigenvalue weighted by Gasteiger charge is 2.31. The number of hydrogen-bond donors (Lipinski definition) is 1. The molecule has 0 aliphatic carbocycles. The molecular weight excluding hydrogens is 384 g/mol. The van der Waals surface area contributed by atoms with Crippen LogP contribution in [0.3, 0.4) is 0 Å². The molecule has 2 aromatic rings. The van der Waals surface area contributed by atoms with E-state index in [-0.39, 0.29) is 5.91 Å². The monoisotopic (exact) mass is 392 g/mol. The van der Waals surface area contributed by atoms with Crippen molar-refractivity contribution >= 4 is 62.5 Å². The Morgan fingerprint density at radius 2 is 1.91 bits per heavy atom. The van der Waals surface area contributed by atoms with Gasteiger partial charge in [-0.1, -0.05) is 45.7 Å². The Labute approximate surface area is 146 Å². The number of hydrogen-bond acceptors (Lipinski definition) is 2. The molecule has 2 aromatic carbocycles. The Morgan fingerprint density at radius 1 is 1.18 bits per heavy atom. The number of halogens is 2. The summed E-state index contributed by atoms with van der Waals surface area (Å²) in [5.41, 5.74) is 2.00. The van der Waals surface area contributed by atoms with Crippen LogP contribution >= 0.6 is 39.7 Å². The Balaban J connectivity index is 1.93. The maximum Gasteiger partial charge on any atom is 0.281 e. The standard InChI is InChI=1S/C16H10BrClN2OS/c17-11-6-4-10(5-7-11)8-14-15(21)20(16(22)19-14)13-3-1-2-12(18)9-13/h1-9H,(H,19,22)/b14-8+. The molecular formula is C16H10BrClN2OS. The molecule has 1 aliphatic heterocycles. The van der Waals surface area contributed by atoms with Crippen molar-refractivity contribution in [1.82, 2.24) is 5.32 Å². The number of nitrogens with zero attached hydrogens (tertiary/aromatic N) is 1. The minimum atomic E-state index is -0.199. The fraction of sp³-hybridized carbons (Fsp3) is 0. The van der Waals surface area contributed by atoms with Crippen LogP contribution in [0.25, 0.3) is 6.08 Å². The Kier molecular flexibility index (Phi) is 4.29. The first-order valence-electron chi connectivity index (χ1n) is 6.43. The molecule has 1 fully saturated rings. The normalized spacial score (nSPS) is 16.3. The van der Waals surface area contributed by atoms with Crippen LogP contribution in [-0.4, -0.2) is 11.0 Å². The zero-order valence-electron chi connectivity index (χ0n) is 11.2. The largest absolute Gasteiger partial charge is 0.327 e. The van der Waals surface area contributed by atoms with Gasteiger partial charge in [-0.2, -0.15) is 0 Å². The van der Waals surface area contributed by atoms with Gasteiger partial charge in [0.05, 0.1) is 5.69 Å². The second-order valence-electron chi connectivity index (χ2n) is 4.66. The second kappa shape index (κ2) is 6.20. The van der Waals surface area contributed by atoms with Gasteiger partial charge in [-0.25, -0.2) is 0 Å². The van der Waals surface area contributed by atoms with E-state index in [0.717, 1.165) is 10.0 Å². The molecule has 1 N–H and O–H groups in total. The number of anilines is 1. The molecule has 0 bridgehead atoms. The lowest BCUT2D eigenvalue weighted by Crippen LogP contribution is -2.30. The fourth-order valence-electron chi connectivity index (χ4n) is 2.11. The first kappa shape index (κ1) is 15.2. The summed E-state index contributed by atoms with van der Waals surface area (Å²) in [4.78, 5) is 14.0. The molecule has 0 atom stereocenters. The van der Waals surface area contributed by atoms with Gasteiger partial charge in [0.1, 0.15) is 5.70 Å². The van der Waals surface area contributed by atoms with E-state index in [1.807, 2.05) is 24.3 Å². The molecule has 0 saturated carbocycles. The smallest absolute Gasteiger partial charge is 0.281 e. The summed E-state index contributed by atoms with van der Waals surface area (Å²) in [6.45, 7) is 0. The number of rotatable bonds is 2. The second-order valence-corrected chi connectivity index (χ2v) is 6.40. The van der Waals surface area contributed by atoms with Crippen LogP contribution in [0.2, 0.25) is 5.02 Å². The first-order valence-corrected chi connectivity index (χ1v) is 8.01. The van der Waals surface area contributed by atoms with Crippen LogP contribution in [0.15, 0.2) is 58.7 Å². The summed E-state index contributed by atoms with van der Waals surface area (Å²) in [6, 6.07) is 14.7. The molecule has 0 spiro atoms. The minimum Gasteiger partial charge on any atom is -0.327 e. The topological polar surface area (TPSA) is 32.3 Å². The summed E-state index contributed by atoms with van der Waals surface area (Å²) >= 11 is 14.6. The average molecular weight is 394 g/mol. The van der Waals surface area contributed by atoms with Crippen LogP contribution in [0, 0.1) is 0 Å². The van der Waals surface area contributed by atoms with E-state index in [1.165, 1.54) is 4.90 Å². The highest BCUT2D eigenvalue weighted by atomic mass is 79.9. The van der Waals surface area contributed by atoms with E-state index < -0.39 is 0 Å². The summed E-state index contributed by atoms with van der Waals surface area (Å²) < 4.78 is 0.983. The maximum atomic E-state index is 12.6. The molecule has 1 saturated heterocycles. The van der Waals surface area contributed by atoms with E-state index in [0.29, 0.717) is 21.5 Å². The van der Waals surface area contributed by atoms with Crippen molar-refractivity contribution < 1.29 is 4.79 Å². The van der Waals surface area contributed by atoms with Gasteiger partial charge < -0.3 is 5.32 Å². The molecule has 6 heteroatoms. The van der Waals surface area contributed by atoms with E-state index in [9.17, 15) is 4.79 Å². The van der Waals surface area contributed by atoms with Crippen molar-refractivity contribution in [3.05, 3.63) is 69.3 Å². The zero-order chi connectivity index (χ0) is 15.7. The summed E-state index contributed by atoms with van der Waals surface area (Å²) in [5.74, 6) is -0.199. The lowest BCUT2D eigenvalue weighted by molar-refractivity contribution is -0.113. The quantitative estimate of drug-likeness (QED) is 0.607. The van der Waals surface area contributed by atoms with Crippen LogP contribution in [0.4, 0.5) is 5.69 Å². The third-order valence-electron chi connectivity index (χ3n) is 3.13. The summed E-state index contributed by atoms with van der Waals surface area (Å²) in [6.07, 6.45) is 1.77. The summed E-state index contributed by atoms with van der Waals surface area (Å²) in [7, 11) is 0. The first-order chi connectivity index (χ1) is 10.5. The minimum absolute atomic E-state index is 0.199. The average Bonchev–Trinajstić information content (AvgIpc) is 2.76. The van der Waals surface area contributed by atoms with Crippen LogP contribution in [0.1, 0.15) is 5.56 Å². The lowest BCUT2D eigenvalue weighted by Gasteiger charge is -2.13. The molecule has 0 aromatic heterocycles. The zero-order valence-corrected chi connectivity index (χ0v) is 14.4. The van der Waals surface area contributed by atoms with Crippen LogP contribution < -0.4 is 10.2 Å². The highest BCUT2D eigenvalue weighted by molar-refractivity contribution is 9.10. The molecule has 110 valence electrons. The maximum absolute atomic E-state index is 12.6. The number of benzene rings is 2. The Bertz CT molecular complexity index is 789. The van der Waals surface area contributed by atoms with Gasteiger partial charge in [-0.05, 0) is 54.2 Å². The van der Waals surface area contributed by atoms with E-state index in [4.69, 9.17) is 23.8 Å². The number of amides is 1. The molecule has 3 nitrogen and oxygen atoms in total. The van der Waals surface area contributed by atoms with Crippen LogP contribution in [-0.2, 0) is 4.79 Å². The van der Waals surface area contributed by atoms with Crippen molar-refractivity contribution in [3.63, 3.8) is 0 Å². The van der Waals surface area contributed by atoms with Gasteiger partial charge in [0.2, 0.25) is 0 Å². The van der Waals surface area contributed by atoms with Gasteiger partial charge in [0.15, 0.2) is 5.11 Å². The molecule has 22 heavy (non-hydrogen) atoms. The molecule has 1 aliphatic rings. The number of carbonyl (C=O) groups excluding carboxylic acids is 1. The lowest BCUT2D eigenvalue weighted by atomic mass is 10.2.